The molecule has 0 fully saturated rings. The Balaban J connectivity index is 2.12. The highest BCUT2D eigenvalue weighted by atomic mass is 16.5. The summed E-state index contributed by atoms with van der Waals surface area (Å²) in [7, 11) is 1.59. The molecule has 0 saturated heterocycles. The zero-order valence-corrected chi connectivity index (χ0v) is 13.6. The van der Waals surface area contributed by atoms with Gasteiger partial charge in [0.1, 0.15) is 11.8 Å². The average molecular weight is 318 g/mol. The van der Waals surface area contributed by atoms with E-state index in [1.54, 1.807) is 13.3 Å². The van der Waals surface area contributed by atoms with Crippen molar-refractivity contribution < 1.29 is 19.4 Å². The van der Waals surface area contributed by atoms with Crippen LogP contribution in [0, 0.1) is 5.92 Å². The van der Waals surface area contributed by atoms with Crippen LogP contribution in [0.25, 0.3) is 10.9 Å². The Hall–Kier alpha value is -2.50. The number of benzene rings is 1. The van der Waals surface area contributed by atoms with Crippen molar-refractivity contribution in [2.45, 2.75) is 32.7 Å². The highest BCUT2D eigenvalue weighted by molar-refractivity contribution is 5.91. The number of H-pyrrole nitrogens is 1. The van der Waals surface area contributed by atoms with Gasteiger partial charge in [0.15, 0.2) is 0 Å². The fourth-order valence-corrected chi connectivity index (χ4v) is 2.54. The largest absolute Gasteiger partial charge is 0.497 e. The van der Waals surface area contributed by atoms with Crippen LogP contribution in [-0.2, 0) is 16.0 Å². The van der Waals surface area contributed by atoms with Crippen molar-refractivity contribution in [3.63, 3.8) is 0 Å². The van der Waals surface area contributed by atoms with Crippen LogP contribution in [0.2, 0.25) is 0 Å². The first-order valence-electron chi connectivity index (χ1n) is 7.57. The van der Waals surface area contributed by atoms with E-state index in [1.807, 2.05) is 32.0 Å². The second kappa shape index (κ2) is 7.17. The topological polar surface area (TPSA) is 91.4 Å². The minimum atomic E-state index is -1.01. The molecule has 1 amide bonds. The van der Waals surface area contributed by atoms with Crippen molar-refractivity contribution in [1.29, 1.82) is 0 Å². The van der Waals surface area contributed by atoms with Crippen molar-refractivity contribution in [1.82, 2.24) is 10.3 Å². The van der Waals surface area contributed by atoms with E-state index in [9.17, 15) is 14.7 Å². The van der Waals surface area contributed by atoms with Gasteiger partial charge in [0.05, 0.1) is 13.5 Å². The number of carboxylic acids is 1. The van der Waals surface area contributed by atoms with Crippen LogP contribution in [-0.4, -0.2) is 35.1 Å². The lowest BCUT2D eigenvalue weighted by Crippen LogP contribution is -2.42. The van der Waals surface area contributed by atoms with E-state index in [0.717, 1.165) is 16.5 Å². The molecule has 1 heterocycles. The zero-order chi connectivity index (χ0) is 17.0. The van der Waals surface area contributed by atoms with Gasteiger partial charge in [-0.3, -0.25) is 4.79 Å². The first-order chi connectivity index (χ1) is 10.9. The third-order valence-corrected chi connectivity index (χ3v) is 3.67. The summed E-state index contributed by atoms with van der Waals surface area (Å²) in [6, 6.07) is 4.72. The molecule has 0 aliphatic heterocycles. The fraction of sp³-hybridized carbons (Fsp3) is 0.412. The summed E-state index contributed by atoms with van der Waals surface area (Å²) in [4.78, 5) is 26.5. The first kappa shape index (κ1) is 16.9. The predicted molar refractivity (Wildman–Crippen MR) is 87.6 cm³/mol. The number of rotatable bonds is 7. The van der Waals surface area contributed by atoms with Gasteiger partial charge in [-0.05, 0) is 36.1 Å². The Morgan fingerprint density at radius 2 is 2.09 bits per heavy atom. The maximum Gasteiger partial charge on any atom is 0.326 e. The predicted octanol–water partition coefficient (Wildman–Crippen LogP) is 2.33. The molecule has 0 aliphatic carbocycles. The highest BCUT2D eigenvalue weighted by Gasteiger charge is 2.21. The van der Waals surface area contributed by atoms with Crippen LogP contribution in [0.5, 0.6) is 5.75 Å². The van der Waals surface area contributed by atoms with Crippen molar-refractivity contribution in [2.24, 2.45) is 5.92 Å². The van der Waals surface area contributed by atoms with Crippen LogP contribution in [0.1, 0.15) is 25.8 Å². The number of carbonyl (C=O) groups excluding carboxylic acids is 1. The number of hydrogen-bond donors (Lipinski definition) is 3. The summed E-state index contributed by atoms with van der Waals surface area (Å²) in [5.41, 5.74) is 1.72. The van der Waals surface area contributed by atoms with Gasteiger partial charge in [-0.25, -0.2) is 4.79 Å². The summed E-state index contributed by atoms with van der Waals surface area (Å²) < 4.78 is 5.20. The number of aromatic nitrogens is 1. The molecule has 23 heavy (non-hydrogen) atoms. The third-order valence-electron chi connectivity index (χ3n) is 3.67. The molecular formula is C17H22N2O4. The number of methoxy groups -OCH3 is 1. The summed E-state index contributed by atoms with van der Waals surface area (Å²) in [5, 5.41) is 12.7. The van der Waals surface area contributed by atoms with Crippen LogP contribution >= 0.6 is 0 Å². The maximum atomic E-state index is 12.2. The SMILES string of the molecule is COc1ccc2[nH]cc(CC(=O)N[C@H](CC(C)C)C(=O)O)c2c1. The van der Waals surface area contributed by atoms with Crippen molar-refractivity contribution in [3.05, 3.63) is 30.0 Å². The Kier molecular flexibility index (Phi) is 5.26. The number of amides is 1. The van der Waals surface area contributed by atoms with Gasteiger partial charge >= 0.3 is 5.97 Å². The van der Waals surface area contributed by atoms with Crippen molar-refractivity contribution >= 4 is 22.8 Å². The number of carboxylic acid groups (broad SMARTS) is 1. The first-order valence-corrected chi connectivity index (χ1v) is 7.57. The van der Waals surface area contributed by atoms with Crippen LogP contribution < -0.4 is 10.1 Å². The van der Waals surface area contributed by atoms with Gasteiger partial charge in [-0.2, -0.15) is 0 Å². The van der Waals surface area contributed by atoms with Crippen molar-refractivity contribution in [2.75, 3.05) is 7.11 Å². The van der Waals surface area contributed by atoms with Crippen molar-refractivity contribution in [3.8, 4) is 5.75 Å². The second-order valence-electron chi connectivity index (χ2n) is 5.99. The fourth-order valence-electron chi connectivity index (χ4n) is 2.54. The number of aromatic amines is 1. The molecule has 2 aromatic rings. The monoisotopic (exact) mass is 318 g/mol. The number of aliphatic carboxylic acids is 1. The second-order valence-corrected chi connectivity index (χ2v) is 5.99. The summed E-state index contributed by atoms with van der Waals surface area (Å²) in [6.45, 7) is 3.85. The molecule has 6 heteroatoms. The van der Waals surface area contributed by atoms with Gasteiger partial charge in [-0.1, -0.05) is 13.8 Å². The van der Waals surface area contributed by atoms with Gasteiger partial charge in [0.2, 0.25) is 5.91 Å². The number of fused-ring (bicyclic) bond motifs is 1. The van der Waals surface area contributed by atoms with E-state index in [-0.39, 0.29) is 18.2 Å². The molecule has 124 valence electrons. The minimum Gasteiger partial charge on any atom is -0.497 e. The normalized spacial score (nSPS) is 12.3. The minimum absolute atomic E-state index is 0.120. The quantitative estimate of drug-likeness (QED) is 0.730. The van der Waals surface area contributed by atoms with E-state index in [2.05, 4.69) is 10.3 Å². The number of ether oxygens (including phenoxy) is 1. The standard InChI is InChI=1S/C17H22N2O4/c1-10(2)6-15(17(21)22)19-16(20)7-11-9-18-14-5-4-12(23-3)8-13(11)14/h4-5,8-10,15,18H,6-7H2,1-3H3,(H,19,20)(H,21,22)/t15-/m1/s1. The molecule has 0 radical (unpaired) electrons. The van der Waals surface area contributed by atoms with E-state index in [1.165, 1.54) is 0 Å². The molecular weight excluding hydrogens is 296 g/mol. The van der Waals surface area contributed by atoms with E-state index in [4.69, 9.17) is 4.74 Å². The number of carbonyl (C=O) groups is 2. The molecule has 6 nitrogen and oxygen atoms in total. The van der Waals surface area contributed by atoms with Gasteiger partial charge in [-0.15, -0.1) is 0 Å². The highest BCUT2D eigenvalue weighted by Crippen LogP contribution is 2.24. The summed E-state index contributed by atoms with van der Waals surface area (Å²) in [6.07, 6.45) is 2.29. The number of nitrogens with one attached hydrogen (secondary N) is 2. The lowest BCUT2D eigenvalue weighted by atomic mass is 10.0. The van der Waals surface area contributed by atoms with E-state index < -0.39 is 12.0 Å². The number of hydrogen-bond acceptors (Lipinski definition) is 3. The molecule has 0 bridgehead atoms. The Morgan fingerprint density at radius 1 is 1.35 bits per heavy atom. The maximum absolute atomic E-state index is 12.2. The Bertz CT molecular complexity index is 706. The molecule has 3 N–H and O–H groups in total. The molecule has 1 aromatic carbocycles. The lowest BCUT2D eigenvalue weighted by molar-refractivity contribution is -0.142. The van der Waals surface area contributed by atoms with Crippen LogP contribution in [0.15, 0.2) is 24.4 Å². The van der Waals surface area contributed by atoms with Crippen LogP contribution in [0.3, 0.4) is 0 Å². The zero-order valence-electron chi connectivity index (χ0n) is 13.6. The Labute approximate surface area is 134 Å². The average Bonchev–Trinajstić information content (AvgIpc) is 2.88. The molecule has 0 spiro atoms. The molecule has 0 aliphatic rings. The van der Waals surface area contributed by atoms with E-state index >= 15 is 0 Å². The lowest BCUT2D eigenvalue weighted by Gasteiger charge is -2.16. The van der Waals surface area contributed by atoms with E-state index in [0.29, 0.717) is 12.2 Å². The summed E-state index contributed by atoms with van der Waals surface area (Å²) in [5.74, 6) is -0.412. The van der Waals surface area contributed by atoms with Crippen LogP contribution in [0.4, 0.5) is 0 Å². The van der Waals surface area contributed by atoms with Gasteiger partial charge in [0.25, 0.3) is 0 Å². The molecule has 0 saturated carbocycles. The molecule has 1 atom stereocenters. The third kappa shape index (κ3) is 4.25. The Morgan fingerprint density at radius 3 is 2.70 bits per heavy atom. The smallest absolute Gasteiger partial charge is 0.326 e. The molecule has 0 unspecified atom stereocenters. The van der Waals surface area contributed by atoms with Gasteiger partial charge in [0, 0.05) is 17.1 Å². The summed E-state index contributed by atoms with van der Waals surface area (Å²) >= 11 is 0. The molecule has 2 rings (SSSR count). The molecule has 1 aromatic heterocycles. The van der Waals surface area contributed by atoms with Gasteiger partial charge < -0.3 is 20.1 Å².